The SMILES string of the molecule is Nc1cnn(-c2nccc3cc4c(cc23)OCCO4)c1. The molecule has 2 aromatic heterocycles. The van der Waals surface area contributed by atoms with Crippen molar-refractivity contribution in [3.63, 3.8) is 0 Å². The van der Waals surface area contributed by atoms with Crippen LogP contribution in [0.2, 0.25) is 0 Å². The lowest BCUT2D eigenvalue weighted by Crippen LogP contribution is -2.15. The van der Waals surface area contributed by atoms with Crippen molar-refractivity contribution >= 4 is 16.5 Å². The third-order valence-corrected chi connectivity index (χ3v) is 3.23. The van der Waals surface area contributed by atoms with Gasteiger partial charge in [-0.05, 0) is 23.6 Å². The Morgan fingerprint density at radius 1 is 1.15 bits per heavy atom. The second-order valence-electron chi connectivity index (χ2n) is 4.57. The summed E-state index contributed by atoms with van der Waals surface area (Å²) < 4.78 is 12.9. The van der Waals surface area contributed by atoms with Crippen LogP contribution < -0.4 is 15.2 Å². The zero-order valence-electron chi connectivity index (χ0n) is 10.6. The highest BCUT2D eigenvalue weighted by Gasteiger charge is 2.15. The van der Waals surface area contributed by atoms with Gasteiger partial charge in [-0.25, -0.2) is 9.67 Å². The van der Waals surface area contributed by atoms with Gasteiger partial charge in [0.05, 0.1) is 18.1 Å². The van der Waals surface area contributed by atoms with Crippen LogP contribution in [0.25, 0.3) is 16.6 Å². The molecule has 0 radical (unpaired) electrons. The molecule has 3 heterocycles. The lowest BCUT2D eigenvalue weighted by molar-refractivity contribution is 0.172. The molecule has 1 aromatic carbocycles. The average Bonchev–Trinajstić information content (AvgIpc) is 2.91. The van der Waals surface area contributed by atoms with Crippen LogP contribution in [-0.4, -0.2) is 28.0 Å². The third-order valence-electron chi connectivity index (χ3n) is 3.23. The van der Waals surface area contributed by atoms with Crippen molar-refractivity contribution in [2.75, 3.05) is 18.9 Å². The lowest BCUT2D eigenvalue weighted by atomic mass is 10.1. The fraction of sp³-hybridized carbons (Fsp3) is 0.143. The largest absolute Gasteiger partial charge is 0.486 e. The number of nitrogens with zero attached hydrogens (tertiary/aromatic N) is 3. The van der Waals surface area contributed by atoms with Crippen molar-refractivity contribution in [1.82, 2.24) is 14.8 Å². The summed E-state index contributed by atoms with van der Waals surface area (Å²) in [6.07, 6.45) is 5.07. The first kappa shape index (κ1) is 11.1. The van der Waals surface area contributed by atoms with E-state index in [1.807, 2.05) is 18.2 Å². The van der Waals surface area contributed by atoms with Gasteiger partial charge in [-0.2, -0.15) is 5.10 Å². The number of anilines is 1. The highest BCUT2D eigenvalue weighted by Crippen LogP contribution is 2.35. The smallest absolute Gasteiger partial charge is 0.162 e. The number of pyridine rings is 1. The van der Waals surface area contributed by atoms with E-state index in [9.17, 15) is 0 Å². The van der Waals surface area contributed by atoms with Crippen LogP contribution in [0.1, 0.15) is 0 Å². The molecule has 1 aliphatic rings. The highest BCUT2D eigenvalue weighted by molar-refractivity contribution is 5.91. The Kier molecular flexibility index (Phi) is 2.29. The van der Waals surface area contributed by atoms with Crippen LogP contribution in [-0.2, 0) is 0 Å². The van der Waals surface area contributed by atoms with Gasteiger partial charge in [-0.1, -0.05) is 0 Å². The zero-order valence-corrected chi connectivity index (χ0v) is 10.6. The minimum atomic E-state index is 0.558. The van der Waals surface area contributed by atoms with Gasteiger partial charge in [0.25, 0.3) is 0 Å². The lowest BCUT2D eigenvalue weighted by Gasteiger charge is -2.19. The molecule has 0 aliphatic carbocycles. The van der Waals surface area contributed by atoms with Crippen molar-refractivity contribution in [3.05, 3.63) is 36.8 Å². The first-order chi connectivity index (χ1) is 9.81. The van der Waals surface area contributed by atoms with Crippen molar-refractivity contribution in [3.8, 4) is 17.3 Å². The number of nitrogen functional groups attached to an aromatic ring is 1. The second-order valence-corrected chi connectivity index (χ2v) is 4.57. The van der Waals surface area contributed by atoms with E-state index >= 15 is 0 Å². The van der Waals surface area contributed by atoms with Crippen LogP contribution in [0.3, 0.4) is 0 Å². The summed E-state index contributed by atoms with van der Waals surface area (Å²) >= 11 is 0. The predicted molar refractivity (Wildman–Crippen MR) is 74.3 cm³/mol. The number of fused-ring (bicyclic) bond motifs is 2. The molecule has 0 atom stereocenters. The molecule has 0 saturated carbocycles. The Bertz CT molecular complexity index is 797. The number of nitrogens with two attached hydrogens (primary N) is 1. The molecule has 1 aliphatic heterocycles. The third kappa shape index (κ3) is 1.65. The van der Waals surface area contributed by atoms with E-state index in [0.717, 1.165) is 28.1 Å². The van der Waals surface area contributed by atoms with Gasteiger partial charge in [-0.3, -0.25) is 0 Å². The molecular formula is C14H12N4O2. The van der Waals surface area contributed by atoms with Gasteiger partial charge >= 0.3 is 0 Å². The molecule has 0 amide bonds. The minimum absolute atomic E-state index is 0.558. The van der Waals surface area contributed by atoms with E-state index in [4.69, 9.17) is 15.2 Å². The van der Waals surface area contributed by atoms with Crippen molar-refractivity contribution in [1.29, 1.82) is 0 Å². The first-order valence-corrected chi connectivity index (χ1v) is 6.30. The van der Waals surface area contributed by atoms with Crippen LogP contribution >= 0.6 is 0 Å². The Balaban J connectivity index is 1.97. The summed E-state index contributed by atoms with van der Waals surface area (Å²) in [6.45, 7) is 1.13. The molecule has 6 heteroatoms. The topological polar surface area (TPSA) is 75.2 Å². The van der Waals surface area contributed by atoms with Gasteiger partial charge in [0.1, 0.15) is 13.2 Å². The molecule has 0 bridgehead atoms. The minimum Gasteiger partial charge on any atom is -0.486 e. The molecular weight excluding hydrogens is 256 g/mol. The van der Waals surface area contributed by atoms with E-state index in [2.05, 4.69) is 10.1 Å². The highest BCUT2D eigenvalue weighted by atomic mass is 16.6. The summed E-state index contributed by atoms with van der Waals surface area (Å²) in [4.78, 5) is 4.39. The van der Waals surface area contributed by atoms with Gasteiger partial charge in [-0.15, -0.1) is 0 Å². The van der Waals surface area contributed by atoms with E-state index in [1.54, 1.807) is 23.3 Å². The summed E-state index contributed by atoms with van der Waals surface area (Å²) in [5.74, 6) is 2.22. The molecule has 0 saturated heterocycles. The van der Waals surface area contributed by atoms with Crippen LogP contribution in [0.15, 0.2) is 36.8 Å². The van der Waals surface area contributed by atoms with E-state index in [1.165, 1.54) is 0 Å². The molecule has 2 N–H and O–H groups in total. The Morgan fingerprint density at radius 2 is 1.95 bits per heavy atom. The van der Waals surface area contributed by atoms with E-state index in [-0.39, 0.29) is 0 Å². The average molecular weight is 268 g/mol. The summed E-state index contributed by atoms with van der Waals surface area (Å²) in [5.41, 5.74) is 6.31. The molecule has 6 nitrogen and oxygen atoms in total. The molecule has 3 aromatic rings. The first-order valence-electron chi connectivity index (χ1n) is 6.30. The summed E-state index contributed by atoms with van der Waals surface area (Å²) in [6, 6.07) is 5.83. The predicted octanol–water partition coefficient (Wildman–Crippen LogP) is 1.77. The van der Waals surface area contributed by atoms with Crippen LogP contribution in [0, 0.1) is 0 Å². The number of aromatic nitrogens is 3. The van der Waals surface area contributed by atoms with Crippen LogP contribution in [0.4, 0.5) is 5.69 Å². The van der Waals surface area contributed by atoms with Gasteiger partial charge < -0.3 is 15.2 Å². The van der Waals surface area contributed by atoms with E-state index < -0.39 is 0 Å². The quantitative estimate of drug-likeness (QED) is 0.728. The van der Waals surface area contributed by atoms with Gasteiger partial charge in [0, 0.05) is 11.6 Å². The molecule has 20 heavy (non-hydrogen) atoms. The number of hydrogen-bond donors (Lipinski definition) is 1. The van der Waals surface area contributed by atoms with Crippen molar-refractivity contribution in [2.24, 2.45) is 0 Å². The van der Waals surface area contributed by atoms with Crippen molar-refractivity contribution < 1.29 is 9.47 Å². The fourth-order valence-corrected chi connectivity index (χ4v) is 2.33. The second kappa shape index (κ2) is 4.12. The summed E-state index contributed by atoms with van der Waals surface area (Å²) in [7, 11) is 0. The van der Waals surface area contributed by atoms with Gasteiger partial charge in [0.2, 0.25) is 0 Å². The maximum atomic E-state index is 5.72. The number of rotatable bonds is 1. The maximum absolute atomic E-state index is 5.72. The van der Waals surface area contributed by atoms with Gasteiger partial charge in [0.15, 0.2) is 17.3 Å². The van der Waals surface area contributed by atoms with Crippen LogP contribution in [0.5, 0.6) is 11.5 Å². The normalized spacial score (nSPS) is 13.6. The Hall–Kier alpha value is -2.76. The molecule has 0 fully saturated rings. The molecule has 4 rings (SSSR count). The number of hydrogen-bond acceptors (Lipinski definition) is 5. The van der Waals surface area contributed by atoms with E-state index in [0.29, 0.717) is 18.9 Å². The molecule has 0 spiro atoms. The fourth-order valence-electron chi connectivity index (χ4n) is 2.33. The van der Waals surface area contributed by atoms with Crippen molar-refractivity contribution in [2.45, 2.75) is 0 Å². The zero-order chi connectivity index (χ0) is 13.5. The molecule has 100 valence electrons. The maximum Gasteiger partial charge on any atom is 0.162 e. The number of benzene rings is 1. The standard InChI is InChI=1S/C14H12N4O2/c15-10-7-17-18(8-10)14-11-6-13-12(19-3-4-20-13)5-9(11)1-2-16-14/h1-2,5-8H,3-4,15H2. The Labute approximate surface area is 114 Å². The monoisotopic (exact) mass is 268 g/mol. The molecule has 0 unspecified atom stereocenters. The summed E-state index contributed by atoms with van der Waals surface area (Å²) in [5, 5.41) is 6.17. The number of ether oxygens (including phenoxy) is 2. The Morgan fingerprint density at radius 3 is 2.70 bits per heavy atom.